The maximum Gasteiger partial charge on any atom is 0.110 e. The van der Waals surface area contributed by atoms with Crippen molar-refractivity contribution in [3.63, 3.8) is 0 Å². The molecule has 0 unspecified atom stereocenters. The summed E-state index contributed by atoms with van der Waals surface area (Å²) in [4.78, 5) is 4.81. The highest BCUT2D eigenvalue weighted by atomic mass is 15.1. The number of unbranched alkanes of at least 4 members (excludes halogenated alkanes) is 2. The second-order valence-corrected chi connectivity index (χ2v) is 6.12. The van der Waals surface area contributed by atoms with E-state index >= 15 is 0 Å². The number of hydrogen-bond acceptors (Lipinski definition) is 2. The minimum atomic E-state index is 0.0688. The van der Waals surface area contributed by atoms with Gasteiger partial charge >= 0.3 is 0 Å². The fourth-order valence-corrected chi connectivity index (χ4v) is 2.60. The maximum absolute atomic E-state index is 5.55. The van der Waals surface area contributed by atoms with Crippen LogP contribution in [0.5, 0.6) is 0 Å². The molecule has 0 spiro atoms. The fourth-order valence-electron chi connectivity index (χ4n) is 2.60. The average Bonchev–Trinajstić information content (AvgIpc) is 2.72. The Balaban J connectivity index is 2.31. The standard InChI is InChI=1S/C16H25N3/c1-16(2,3)19-14-10-7-6-9-13(14)18-15(19)11-5-4-8-12-17/h6-7,9-10H,4-5,8,11-12,17H2,1-3H3. The van der Waals surface area contributed by atoms with E-state index in [9.17, 15) is 0 Å². The van der Waals surface area contributed by atoms with Crippen LogP contribution in [0.3, 0.4) is 0 Å². The smallest absolute Gasteiger partial charge is 0.110 e. The molecule has 0 atom stereocenters. The Hall–Kier alpha value is -1.35. The van der Waals surface area contributed by atoms with Gasteiger partial charge in [0.25, 0.3) is 0 Å². The molecule has 0 aliphatic carbocycles. The highest BCUT2D eigenvalue weighted by molar-refractivity contribution is 5.76. The number of imidazole rings is 1. The van der Waals surface area contributed by atoms with Crippen LogP contribution in [0.25, 0.3) is 11.0 Å². The number of rotatable bonds is 5. The summed E-state index contributed by atoms with van der Waals surface area (Å²) in [6.45, 7) is 7.51. The SMILES string of the molecule is CC(C)(C)n1c(CCCCCN)nc2ccccc21. The van der Waals surface area contributed by atoms with E-state index in [-0.39, 0.29) is 5.54 Å². The van der Waals surface area contributed by atoms with Crippen LogP contribution in [-0.2, 0) is 12.0 Å². The predicted molar refractivity (Wildman–Crippen MR) is 81.3 cm³/mol. The molecule has 104 valence electrons. The maximum atomic E-state index is 5.55. The molecular formula is C16H25N3. The van der Waals surface area contributed by atoms with Crippen LogP contribution in [0.15, 0.2) is 24.3 Å². The van der Waals surface area contributed by atoms with E-state index in [1.807, 2.05) is 0 Å². The van der Waals surface area contributed by atoms with Crippen LogP contribution in [0.4, 0.5) is 0 Å². The van der Waals surface area contributed by atoms with Gasteiger partial charge in [-0.05, 0) is 52.3 Å². The lowest BCUT2D eigenvalue weighted by Crippen LogP contribution is -2.24. The van der Waals surface area contributed by atoms with Gasteiger partial charge in [-0.2, -0.15) is 0 Å². The van der Waals surface area contributed by atoms with Crippen LogP contribution >= 0.6 is 0 Å². The third kappa shape index (κ3) is 3.16. The van der Waals surface area contributed by atoms with E-state index in [1.165, 1.54) is 17.8 Å². The van der Waals surface area contributed by atoms with Gasteiger partial charge in [-0.15, -0.1) is 0 Å². The predicted octanol–water partition coefficient (Wildman–Crippen LogP) is 3.46. The van der Waals surface area contributed by atoms with Gasteiger partial charge in [0.15, 0.2) is 0 Å². The molecule has 1 aromatic carbocycles. The van der Waals surface area contributed by atoms with Gasteiger partial charge in [0.05, 0.1) is 11.0 Å². The minimum Gasteiger partial charge on any atom is -0.330 e. The van der Waals surface area contributed by atoms with Crippen molar-refractivity contribution in [3.05, 3.63) is 30.1 Å². The molecule has 2 N–H and O–H groups in total. The lowest BCUT2D eigenvalue weighted by Gasteiger charge is -2.24. The van der Waals surface area contributed by atoms with Gasteiger partial charge in [0.2, 0.25) is 0 Å². The summed E-state index contributed by atoms with van der Waals surface area (Å²) < 4.78 is 2.38. The lowest BCUT2D eigenvalue weighted by atomic mass is 10.1. The van der Waals surface area contributed by atoms with E-state index in [0.717, 1.165) is 31.3 Å². The topological polar surface area (TPSA) is 43.8 Å². The van der Waals surface area contributed by atoms with E-state index in [4.69, 9.17) is 10.7 Å². The van der Waals surface area contributed by atoms with Gasteiger partial charge in [-0.1, -0.05) is 18.6 Å². The molecule has 0 aliphatic heterocycles. The van der Waals surface area contributed by atoms with Crippen LogP contribution in [0, 0.1) is 0 Å². The molecule has 0 saturated heterocycles. The average molecular weight is 259 g/mol. The Kier molecular flexibility index (Phi) is 4.25. The molecule has 0 aliphatic rings. The summed E-state index contributed by atoms with van der Waals surface area (Å²) in [7, 11) is 0. The first-order valence-electron chi connectivity index (χ1n) is 7.21. The molecule has 0 saturated carbocycles. The Morgan fingerprint density at radius 1 is 1.11 bits per heavy atom. The molecule has 3 heteroatoms. The van der Waals surface area contributed by atoms with Gasteiger partial charge in [-0.25, -0.2) is 4.98 Å². The molecule has 0 radical (unpaired) electrons. The molecule has 2 rings (SSSR count). The number of aryl methyl sites for hydroxylation is 1. The van der Waals surface area contributed by atoms with Gasteiger partial charge in [-0.3, -0.25) is 0 Å². The van der Waals surface area contributed by atoms with E-state index < -0.39 is 0 Å². The third-order valence-electron chi connectivity index (χ3n) is 3.41. The minimum absolute atomic E-state index is 0.0688. The largest absolute Gasteiger partial charge is 0.330 e. The van der Waals surface area contributed by atoms with Crippen molar-refractivity contribution >= 4 is 11.0 Å². The number of benzene rings is 1. The number of nitrogens with zero attached hydrogens (tertiary/aromatic N) is 2. The molecule has 19 heavy (non-hydrogen) atoms. The van der Waals surface area contributed by atoms with E-state index in [2.05, 4.69) is 49.6 Å². The molecule has 2 aromatic rings. The number of hydrogen-bond donors (Lipinski definition) is 1. The van der Waals surface area contributed by atoms with E-state index in [1.54, 1.807) is 0 Å². The zero-order valence-electron chi connectivity index (χ0n) is 12.3. The van der Waals surface area contributed by atoms with Crippen LogP contribution in [0.1, 0.15) is 45.9 Å². The lowest BCUT2D eigenvalue weighted by molar-refractivity contribution is 0.392. The zero-order chi connectivity index (χ0) is 13.9. The van der Waals surface area contributed by atoms with Gasteiger partial charge in [0.1, 0.15) is 5.82 Å². The second-order valence-electron chi connectivity index (χ2n) is 6.12. The van der Waals surface area contributed by atoms with Crippen LogP contribution in [0.2, 0.25) is 0 Å². The first kappa shape index (κ1) is 14.1. The summed E-state index contributed by atoms with van der Waals surface area (Å²) in [6, 6.07) is 8.41. The Bertz CT molecular complexity index is 534. The molecule has 0 fully saturated rings. The summed E-state index contributed by atoms with van der Waals surface area (Å²) in [5.41, 5.74) is 7.96. The monoisotopic (exact) mass is 259 g/mol. The first-order valence-corrected chi connectivity index (χ1v) is 7.21. The van der Waals surface area contributed by atoms with Gasteiger partial charge in [0, 0.05) is 12.0 Å². The number of aromatic nitrogens is 2. The molecule has 1 heterocycles. The molecule has 0 amide bonds. The second kappa shape index (κ2) is 5.74. The zero-order valence-corrected chi connectivity index (χ0v) is 12.3. The summed E-state index contributed by atoms with van der Waals surface area (Å²) >= 11 is 0. The number of para-hydroxylation sites is 2. The van der Waals surface area contributed by atoms with Crippen molar-refractivity contribution in [2.24, 2.45) is 5.73 Å². The third-order valence-corrected chi connectivity index (χ3v) is 3.41. The van der Waals surface area contributed by atoms with E-state index in [0.29, 0.717) is 0 Å². The highest BCUT2D eigenvalue weighted by Gasteiger charge is 2.20. The van der Waals surface area contributed by atoms with Crippen LogP contribution < -0.4 is 5.73 Å². The van der Waals surface area contributed by atoms with Crippen molar-refractivity contribution in [3.8, 4) is 0 Å². The first-order chi connectivity index (χ1) is 9.04. The molecular weight excluding hydrogens is 234 g/mol. The Morgan fingerprint density at radius 3 is 2.53 bits per heavy atom. The highest BCUT2D eigenvalue weighted by Crippen LogP contribution is 2.25. The fraction of sp³-hybridized carbons (Fsp3) is 0.562. The van der Waals surface area contributed by atoms with Crippen molar-refractivity contribution in [1.29, 1.82) is 0 Å². The quantitative estimate of drug-likeness (QED) is 0.836. The summed E-state index contributed by atoms with van der Waals surface area (Å²) in [6.07, 6.45) is 4.49. The summed E-state index contributed by atoms with van der Waals surface area (Å²) in [5, 5.41) is 0. The normalized spacial score (nSPS) is 12.2. The Labute approximate surface area is 115 Å². The van der Waals surface area contributed by atoms with Crippen molar-refractivity contribution in [2.75, 3.05) is 6.54 Å². The number of fused-ring (bicyclic) bond motifs is 1. The van der Waals surface area contributed by atoms with Crippen molar-refractivity contribution < 1.29 is 0 Å². The molecule has 3 nitrogen and oxygen atoms in total. The molecule has 0 bridgehead atoms. The van der Waals surface area contributed by atoms with Crippen molar-refractivity contribution in [2.45, 2.75) is 52.0 Å². The Morgan fingerprint density at radius 2 is 1.84 bits per heavy atom. The van der Waals surface area contributed by atoms with Gasteiger partial charge < -0.3 is 10.3 Å². The van der Waals surface area contributed by atoms with Crippen LogP contribution in [-0.4, -0.2) is 16.1 Å². The molecule has 1 aromatic heterocycles. The van der Waals surface area contributed by atoms with Crippen molar-refractivity contribution in [1.82, 2.24) is 9.55 Å². The number of nitrogens with two attached hydrogens (primary N) is 1. The summed E-state index contributed by atoms with van der Waals surface area (Å²) in [5.74, 6) is 1.20.